The average Bonchev–Trinajstić information content (AvgIpc) is 3.22. The molecular formula is C48H78O11. The molecule has 0 radical (unpaired) electrons. The Bertz CT molecular complexity index is 1250. The number of esters is 2. The summed E-state index contributed by atoms with van der Waals surface area (Å²) in [6.45, 7) is 3.62. The van der Waals surface area contributed by atoms with E-state index >= 15 is 0 Å². The van der Waals surface area contributed by atoms with Gasteiger partial charge in [-0.3, -0.25) is 9.59 Å². The molecule has 6 unspecified atom stereocenters. The Kier molecular flexibility index (Phi) is 34.2. The van der Waals surface area contributed by atoms with E-state index in [0.29, 0.717) is 12.8 Å². The largest absolute Gasteiger partial charge is 0.479 e. The number of allylic oxidation sites excluding steroid dienone is 12. The second-order valence-corrected chi connectivity index (χ2v) is 15.2. The fourth-order valence-corrected chi connectivity index (χ4v) is 6.24. The number of aliphatic hydroxyl groups is 3. The van der Waals surface area contributed by atoms with Gasteiger partial charge in [0.05, 0.1) is 6.61 Å². The molecule has 0 aliphatic carbocycles. The fraction of sp³-hybridized carbons (Fsp3) is 0.688. The number of aliphatic hydroxyl groups excluding tert-OH is 3. The molecule has 1 fully saturated rings. The van der Waals surface area contributed by atoms with E-state index in [9.17, 15) is 34.8 Å². The maximum atomic E-state index is 12.8. The number of aliphatic carboxylic acids is 1. The van der Waals surface area contributed by atoms with Crippen LogP contribution < -0.4 is 0 Å². The van der Waals surface area contributed by atoms with Crippen LogP contribution in [0.2, 0.25) is 0 Å². The molecule has 0 aromatic heterocycles. The van der Waals surface area contributed by atoms with Crippen LogP contribution in [0.1, 0.15) is 162 Å². The van der Waals surface area contributed by atoms with Crippen molar-refractivity contribution in [3.05, 3.63) is 72.9 Å². The minimum atomic E-state index is -1.87. The van der Waals surface area contributed by atoms with Crippen molar-refractivity contribution in [3.63, 3.8) is 0 Å². The number of carbonyl (C=O) groups excluding carboxylic acids is 2. The highest BCUT2D eigenvalue weighted by molar-refractivity contribution is 5.73. The molecular weight excluding hydrogens is 753 g/mol. The van der Waals surface area contributed by atoms with Crippen LogP contribution in [0.5, 0.6) is 0 Å². The molecule has 1 aliphatic heterocycles. The first kappa shape index (κ1) is 53.7. The second kappa shape index (κ2) is 37.6. The SMILES string of the molecule is CC/C=C\C/C=C\C/C=C\C/C=C\CCCCCCCCC(=O)OCC(COC1OC(C(=O)O)C(O)C(O)C1O)OC(=O)CCCCCCC/C=C\C/C=C\CCCC. The Morgan fingerprint density at radius 2 is 1.00 bits per heavy atom. The third kappa shape index (κ3) is 29.5. The quantitative estimate of drug-likeness (QED) is 0.0269. The van der Waals surface area contributed by atoms with Crippen molar-refractivity contribution >= 4 is 17.9 Å². The van der Waals surface area contributed by atoms with E-state index in [1.54, 1.807) is 0 Å². The van der Waals surface area contributed by atoms with Crippen molar-refractivity contribution in [2.75, 3.05) is 13.2 Å². The number of ether oxygens (including phenoxy) is 4. The first-order valence-electron chi connectivity index (χ1n) is 22.5. The van der Waals surface area contributed by atoms with Crippen molar-refractivity contribution in [2.24, 2.45) is 0 Å². The summed E-state index contributed by atoms with van der Waals surface area (Å²) in [6.07, 6.45) is 38.0. The molecule has 4 N–H and O–H groups in total. The van der Waals surface area contributed by atoms with Crippen molar-refractivity contribution in [3.8, 4) is 0 Å². The predicted octanol–water partition coefficient (Wildman–Crippen LogP) is 9.70. The first-order valence-corrected chi connectivity index (χ1v) is 22.5. The summed E-state index contributed by atoms with van der Waals surface area (Å²) in [5.41, 5.74) is 0. The van der Waals surface area contributed by atoms with Crippen LogP contribution in [0.4, 0.5) is 0 Å². The van der Waals surface area contributed by atoms with Gasteiger partial charge in [-0.15, -0.1) is 0 Å². The van der Waals surface area contributed by atoms with Gasteiger partial charge >= 0.3 is 17.9 Å². The normalized spacial score (nSPS) is 20.6. The summed E-state index contributed by atoms with van der Waals surface area (Å²) < 4.78 is 21.7. The van der Waals surface area contributed by atoms with Gasteiger partial charge in [-0.2, -0.15) is 0 Å². The maximum Gasteiger partial charge on any atom is 0.335 e. The summed E-state index contributed by atoms with van der Waals surface area (Å²) in [7, 11) is 0. The summed E-state index contributed by atoms with van der Waals surface area (Å²) in [6, 6.07) is 0. The number of carboxylic acids is 1. The summed E-state index contributed by atoms with van der Waals surface area (Å²) in [4.78, 5) is 36.8. The minimum Gasteiger partial charge on any atom is -0.479 e. The molecule has 0 aromatic carbocycles. The van der Waals surface area contributed by atoms with Crippen molar-refractivity contribution in [2.45, 2.75) is 198 Å². The number of hydrogen-bond acceptors (Lipinski definition) is 10. The van der Waals surface area contributed by atoms with Gasteiger partial charge in [0.15, 0.2) is 18.5 Å². The lowest BCUT2D eigenvalue weighted by atomic mass is 9.99. The highest BCUT2D eigenvalue weighted by Gasteiger charge is 2.47. The van der Waals surface area contributed by atoms with Gasteiger partial charge in [-0.1, -0.05) is 145 Å². The molecule has 0 amide bonds. The summed E-state index contributed by atoms with van der Waals surface area (Å²) in [5.74, 6) is -2.49. The number of unbranched alkanes of at least 4 members (excludes halogenated alkanes) is 13. The zero-order chi connectivity index (χ0) is 43.2. The van der Waals surface area contributed by atoms with Crippen LogP contribution in [0.15, 0.2) is 72.9 Å². The van der Waals surface area contributed by atoms with Gasteiger partial charge < -0.3 is 39.4 Å². The molecule has 11 heteroatoms. The molecule has 0 bridgehead atoms. The van der Waals surface area contributed by atoms with Gasteiger partial charge in [-0.25, -0.2) is 4.79 Å². The van der Waals surface area contributed by atoms with Crippen LogP contribution in [0.3, 0.4) is 0 Å². The first-order chi connectivity index (χ1) is 28.7. The Morgan fingerprint density at radius 3 is 1.51 bits per heavy atom. The Morgan fingerprint density at radius 1 is 0.542 bits per heavy atom. The van der Waals surface area contributed by atoms with Crippen LogP contribution in [0.25, 0.3) is 0 Å². The molecule has 1 heterocycles. The fourth-order valence-electron chi connectivity index (χ4n) is 6.24. The Labute approximate surface area is 355 Å². The van der Waals surface area contributed by atoms with Gasteiger partial charge in [0, 0.05) is 12.8 Å². The van der Waals surface area contributed by atoms with Crippen molar-refractivity contribution in [1.82, 2.24) is 0 Å². The molecule has 0 saturated carbocycles. The lowest BCUT2D eigenvalue weighted by Gasteiger charge is -2.38. The van der Waals surface area contributed by atoms with Gasteiger partial charge in [0.2, 0.25) is 0 Å². The zero-order valence-corrected chi connectivity index (χ0v) is 36.2. The van der Waals surface area contributed by atoms with Crippen molar-refractivity contribution < 1.29 is 53.8 Å². The molecule has 11 nitrogen and oxygen atoms in total. The van der Waals surface area contributed by atoms with Gasteiger partial charge in [-0.05, 0) is 77.0 Å². The van der Waals surface area contributed by atoms with Crippen LogP contribution in [-0.2, 0) is 33.3 Å². The van der Waals surface area contributed by atoms with Gasteiger partial charge in [0.25, 0.3) is 0 Å². The highest BCUT2D eigenvalue weighted by atomic mass is 16.7. The maximum absolute atomic E-state index is 12.8. The molecule has 0 spiro atoms. The van der Waals surface area contributed by atoms with E-state index in [0.717, 1.165) is 109 Å². The monoisotopic (exact) mass is 831 g/mol. The molecule has 1 aliphatic rings. The average molecular weight is 831 g/mol. The van der Waals surface area contributed by atoms with E-state index in [2.05, 4.69) is 86.8 Å². The minimum absolute atomic E-state index is 0.159. The van der Waals surface area contributed by atoms with E-state index < -0.39 is 61.3 Å². The van der Waals surface area contributed by atoms with E-state index in [-0.39, 0.29) is 19.4 Å². The molecule has 1 rings (SSSR count). The third-order valence-corrected chi connectivity index (χ3v) is 9.79. The van der Waals surface area contributed by atoms with E-state index in [4.69, 9.17) is 18.9 Å². The lowest BCUT2D eigenvalue weighted by molar-refractivity contribution is -0.298. The van der Waals surface area contributed by atoms with E-state index in [1.165, 1.54) is 12.8 Å². The smallest absolute Gasteiger partial charge is 0.335 e. The van der Waals surface area contributed by atoms with Crippen LogP contribution in [0, 0.1) is 0 Å². The number of hydrogen-bond donors (Lipinski definition) is 4. The number of carboxylic acid groups (broad SMARTS) is 1. The topological polar surface area (TPSA) is 169 Å². The lowest BCUT2D eigenvalue weighted by Crippen LogP contribution is -2.60. The van der Waals surface area contributed by atoms with Crippen molar-refractivity contribution in [1.29, 1.82) is 0 Å². The second-order valence-electron chi connectivity index (χ2n) is 15.2. The molecule has 6 atom stereocenters. The third-order valence-electron chi connectivity index (χ3n) is 9.79. The predicted molar refractivity (Wildman–Crippen MR) is 233 cm³/mol. The van der Waals surface area contributed by atoms with Gasteiger partial charge in [0.1, 0.15) is 24.9 Å². The summed E-state index contributed by atoms with van der Waals surface area (Å²) in [5, 5.41) is 39.8. The van der Waals surface area contributed by atoms with Crippen LogP contribution >= 0.6 is 0 Å². The number of carbonyl (C=O) groups is 3. The highest BCUT2D eigenvalue weighted by Crippen LogP contribution is 2.23. The molecule has 1 saturated heterocycles. The molecule has 59 heavy (non-hydrogen) atoms. The zero-order valence-electron chi connectivity index (χ0n) is 36.2. The Balaban J connectivity index is 2.38. The van der Waals surface area contributed by atoms with E-state index in [1.807, 2.05) is 0 Å². The number of rotatable bonds is 36. The summed E-state index contributed by atoms with van der Waals surface area (Å²) >= 11 is 0. The molecule has 336 valence electrons. The Hall–Kier alpha value is -3.35. The standard InChI is InChI=1S/C48H78O11/c1-3-5-7-9-11-13-15-17-19-20-21-22-23-25-26-28-30-32-34-36-41(49)56-38-40(39-57-48-45(53)43(51)44(52)46(59-48)47(54)55)58-42(50)37-35-33-31-29-27-24-18-16-14-12-10-8-6-4-2/h5,7,10-13,16-19,21-22,40,43-46,48,51-53H,3-4,6,8-9,14-15,20,23-39H2,1-2H3,(H,54,55)/b7-5-,12-10-,13-11-,18-16-,19-17-,22-21-. The molecule has 0 aromatic rings. The van der Waals surface area contributed by atoms with Crippen LogP contribution in [-0.4, -0.2) is 88.4 Å².